The summed E-state index contributed by atoms with van der Waals surface area (Å²) in [6, 6.07) is 34.3. The van der Waals surface area contributed by atoms with E-state index < -0.39 is 0 Å². The zero-order chi connectivity index (χ0) is 23.2. The number of fused-ring (bicyclic) bond motifs is 4. The summed E-state index contributed by atoms with van der Waals surface area (Å²) in [5.74, 6) is 0.614. The second-order valence-corrected chi connectivity index (χ2v) is 9.87. The van der Waals surface area contributed by atoms with E-state index in [1.807, 2.05) is 0 Å². The summed E-state index contributed by atoms with van der Waals surface area (Å²) in [7, 11) is 2.24. The maximum Gasteiger partial charge on any atom is 0.0586 e. The van der Waals surface area contributed by atoms with Crippen LogP contribution in [0, 0.1) is 0 Å². The van der Waals surface area contributed by atoms with Crippen molar-refractivity contribution >= 4 is 17.3 Å². The predicted molar refractivity (Wildman–Crippen MR) is 146 cm³/mol. The molecule has 6 rings (SSSR count). The van der Waals surface area contributed by atoms with Crippen LogP contribution in [0.3, 0.4) is 0 Å². The third-order valence-corrected chi connectivity index (χ3v) is 7.94. The van der Waals surface area contributed by atoms with Crippen molar-refractivity contribution < 1.29 is 0 Å². The molecule has 1 nitrogen and oxygen atoms in total. The largest absolute Gasteiger partial charge is 0.367 e. The van der Waals surface area contributed by atoms with Gasteiger partial charge in [-0.3, -0.25) is 0 Å². The molecule has 1 heterocycles. The quantitative estimate of drug-likeness (QED) is 0.307. The predicted octanol–water partition coefficient (Wildman–Crippen LogP) is 8.45. The molecule has 1 heteroatoms. The number of hydrogen-bond acceptors (Lipinski definition) is 1. The fourth-order valence-corrected chi connectivity index (χ4v) is 5.56. The standard InChI is InChI=1S/C33H31N/c1-4-22(2)23-9-11-24(12-10-23)25-13-15-26(16-14-25)29-17-18-30-31-19-27-7-5-6-8-28(27)20-33(31)34(3)32(30)21-29/h5-19,21-22,33H,4,20H2,1-3H3. The maximum absolute atomic E-state index is 2.47. The normalized spacial score (nSPS) is 17.0. The lowest BCUT2D eigenvalue weighted by atomic mass is 9.87. The molecule has 34 heavy (non-hydrogen) atoms. The SMILES string of the molecule is CCC(C)c1ccc(-c2ccc(-c3ccc4c(c3)N(C)C3Cc5ccccc5C=C43)cc2)cc1. The van der Waals surface area contributed by atoms with Crippen LogP contribution in [-0.4, -0.2) is 13.1 Å². The van der Waals surface area contributed by atoms with Crippen LogP contribution in [0.25, 0.3) is 33.9 Å². The molecule has 0 amide bonds. The molecule has 0 aromatic heterocycles. The molecular formula is C33H31N. The van der Waals surface area contributed by atoms with Gasteiger partial charge in [0.2, 0.25) is 0 Å². The lowest BCUT2D eigenvalue weighted by Gasteiger charge is -2.27. The molecule has 0 spiro atoms. The fraction of sp³-hybridized carbons (Fsp3) is 0.212. The van der Waals surface area contributed by atoms with Crippen molar-refractivity contribution in [1.29, 1.82) is 0 Å². The van der Waals surface area contributed by atoms with E-state index in [-0.39, 0.29) is 0 Å². The first-order valence-corrected chi connectivity index (χ1v) is 12.5. The fourth-order valence-electron chi connectivity index (χ4n) is 5.56. The van der Waals surface area contributed by atoms with E-state index in [0.29, 0.717) is 12.0 Å². The maximum atomic E-state index is 2.47. The Morgan fingerprint density at radius 1 is 0.794 bits per heavy atom. The van der Waals surface area contributed by atoms with E-state index in [1.54, 1.807) is 0 Å². The Kier molecular flexibility index (Phi) is 5.14. The van der Waals surface area contributed by atoms with Gasteiger partial charge in [0.15, 0.2) is 0 Å². The van der Waals surface area contributed by atoms with Gasteiger partial charge in [0.25, 0.3) is 0 Å². The van der Waals surface area contributed by atoms with Crippen molar-refractivity contribution in [3.63, 3.8) is 0 Å². The number of likely N-dealkylation sites (N-methyl/N-ethyl adjacent to an activating group) is 1. The van der Waals surface area contributed by atoms with Gasteiger partial charge in [-0.25, -0.2) is 0 Å². The van der Waals surface area contributed by atoms with Crippen LogP contribution in [-0.2, 0) is 6.42 Å². The topological polar surface area (TPSA) is 3.24 Å². The van der Waals surface area contributed by atoms with E-state index in [2.05, 4.69) is 123 Å². The molecule has 0 radical (unpaired) electrons. The van der Waals surface area contributed by atoms with E-state index in [1.165, 1.54) is 62.2 Å². The Hall–Kier alpha value is -3.58. The van der Waals surface area contributed by atoms with Crippen LogP contribution >= 0.6 is 0 Å². The summed E-state index contributed by atoms with van der Waals surface area (Å²) >= 11 is 0. The molecule has 2 aliphatic rings. The third kappa shape index (κ3) is 3.47. The first kappa shape index (κ1) is 21.0. The average molecular weight is 442 g/mol. The third-order valence-electron chi connectivity index (χ3n) is 7.94. The Labute approximate surface area is 203 Å². The molecular weight excluding hydrogens is 410 g/mol. The molecule has 1 aliphatic carbocycles. The average Bonchev–Trinajstić information content (AvgIpc) is 3.17. The number of hydrogen-bond donors (Lipinski definition) is 0. The van der Waals surface area contributed by atoms with E-state index in [0.717, 1.165) is 6.42 Å². The van der Waals surface area contributed by atoms with Crippen molar-refractivity contribution in [2.24, 2.45) is 0 Å². The number of nitrogens with zero attached hydrogens (tertiary/aromatic N) is 1. The smallest absolute Gasteiger partial charge is 0.0586 e. The van der Waals surface area contributed by atoms with Crippen molar-refractivity contribution in [1.82, 2.24) is 0 Å². The number of benzene rings is 4. The van der Waals surface area contributed by atoms with Crippen LogP contribution in [0.2, 0.25) is 0 Å². The highest BCUT2D eigenvalue weighted by Gasteiger charge is 2.34. The lowest BCUT2D eigenvalue weighted by molar-refractivity contribution is 0.734. The van der Waals surface area contributed by atoms with Crippen LogP contribution in [0.1, 0.15) is 48.4 Å². The Balaban J connectivity index is 1.28. The van der Waals surface area contributed by atoms with Crippen molar-refractivity contribution in [3.05, 3.63) is 113 Å². The molecule has 0 bridgehead atoms. The minimum absolute atomic E-state index is 0.431. The Morgan fingerprint density at radius 2 is 1.41 bits per heavy atom. The van der Waals surface area contributed by atoms with Crippen molar-refractivity contribution in [2.45, 2.75) is 38.6 Å². The van der Waals surface area contributed by atoms with Crippen molar-refractivity contribution in [2.75, 3.05) is 11.9 Å². The second-order valence-electron chi connectivity index (χ2n) is 9.87. The van der Waals surface area contributed by atoms with Gasteiger partial charge in [-0.1, -0.05) is 98.8 Å². The summed E-state index contributed by atoms with van der Waals surface area (Å²) in [4.78, 5) is 2.47. The molecule has 4 aromatic carbocycles. The Morgan fingerprint density at radius 3 is 2.12 bits per heavy atom. The summed E-state index contributed by atoms with van der Waals surface area (Å²) in [6.07, 6.45) is 4.65. The lowest BCUT2D eigenvalue weighted by Crippen LogP contribution is -2.30. The summed E-state index contributed by atoms with van der Waals surface area (Å²) in [5.41, 5.74) is 13.5. The number of anilines is 1. The van der Waals surface area contributed by atoms with Gasteiger partial charge < -0.3 is 4.90 Å². The zero-order valence-electron chi connectivity index (χ0n) is 20.3. The molecule has 0 saturated heterocycles. The molecule has 0 saturated carbocycles. The van der Waals surface area contributed by atoms with E-state index >= 15 is 0 Å². The van der Waals surface area contributed by atoms with E-state index in [9.17, 15) is 0 Å². The van der Waals surface area contributed by atoms with Gasteiger partial charge in [-0.2, -0.15) is 0 Å². The molecule has 2 unspecified atom stereocenters. The van der Waals surface area contributed by atoms with Gasteiger partial charge in [0, 0.05) is 18.3 Å². The monoisotopic (exact) mass is 441 g/mol. The van der Waals surface area contributed by atoms with Crippen molar-refractivity contribution in [3.8, 4) is 22.3 Å². The minimum atomic E-state index is 0.431. The highest BCUT2D eigenvalue weighted by molar-refractivity contribution is 5.98. The summed E-state index contributed by atoms with van der Waals surface area (Å²) < 4.78 is 0. The Bertz CT molecular complexity index is 1380. The van der Waals surface area contributed by atoms with Gasteiger partial charge in [-0.15, -0.1) is 0 Å². The molecule has 168 valence electrons. The highest BCUT2D eigenvalue weighted by Crippen LogP contribution is 2.46. The molecule has 1 aliphatic heterocycles. The highest BCUT2D eigenvalue weighted by atomic mass is 15.2. The first-order valence-electron chi connectivity index (χ1n) is 12.5. The number of rotatable bonds is 4. The van der Waals surface area contributed by atoms with Crippen LogP contribution in [0.15, 0.2) is 91.0 Å². The molecule has 0 N–H and O–H groups in total. The van der Waals surface area contributed by atoms with Gasteiger partial charge in [-0.05, 0) is 75.4 Å². The van der Waals surface area contributed by atoms with E-state index in [4.69, 9.17) is 0 Å². The van der Waals surface area contributed by atoms with Crippen LogP contribution < -0.4 is 4.90 Å². The molecule has 4 aromatic rings. The van der Waals surface area contributed by atoms with Crippen LogP contribution in [0.4, 0.5) is 5.69 Å². The molecule has 0 fully saturated rings. The zero-order valence-corrected chi connectivity index (χ0v) is 20.3. The van der Waals surface area contributed by atoms with Gasteiger partial charge in [0.05, 0.1) is 6.04 Å². The van der Waals surface area contributed by atoms with Gasteiger partial charge >= 0.3 is 0 Å². The summed E-state index contributed by atoms with van der Waals surface area (Å²) in [6.45, 7) is 4.54. The minimum Gasteiger partial charge on any atom is -0.367 e. The first-order chi connectivity index (χ1) is 16.6. The molecule has 2 atom stereocenters. The van der Waals surface area contributed by atoms with Gasteiger partial charge in [0.1, 0.15) is 0 Å². The van der Waals surface area contributed by atoms with Crippen LogP contribution in [0.5, 0.6) is 0 Å². The summed E-state index contributed by atoms with van der Waals surface area (Å²) in [5, 5.41) is 0. The second kappa shape index (κ2) is 8.33.